The third kappa shape index (κ3) is 3.86. The molecule has 1 heterocycles. The molecule has 0 N–H and O–H groups in total. The molecule has 1 aromatic heterocycles. The van der Waals surface area contributed by atoms with Gasteiger partial charge < -0.3 is 0 Å². The lowest BCUT2D eigenvalue weighted by Gasteiger charge is -2.04. The normalized spacial score (nSPS) is 11.4. The van der Waals surface area contributed by atoms with E-state index in [1.54, 1.807) is 12.4 Å². The fourth-order valence-electron chi connectivity index (χ4n) is 2.72. The molecule has 6 heteroatoms. The van der Waals surface area contributed by atoms with Gasteiger partial charge >= 0.3 is 0 Å². The topological polar surface area (TPSA) is 74.7 Å². The van der Waals surface area contributed by atoms with Crippen LogP contribution in [0.4, 0.5) is 28.4 Å². The van der Waals surface area contributed by atoms with Crippen LogP contribution in [0.5, 0.6) is 0 Å². The SMILES string of the molecule is C=Nc1ccc(/N=N/c2ccc(/N=N/c3cccnc3)cc2)c2ccccc12. The third-order valence-electron chi connectivity index (χ3n) is 4.10. The highest BCUT2D eigenvalue weighted by molar-refractivity contribution is 6.00. The minimum Gasteiger partial charge on any atom is -0.264 e. The van der Waals surface area contributed by atoms with Gasteiger partial charge in [0.1, 0.15) is 5.69 Å². The van der Waals surface area contributed by atoms with Crippen molar-refractivity contribution in [2.24, 2.45) is 25.4 Å². The Labute approximate surface area is 162 Å². The second-order valence-corrected chi connectivity index (χ2v) is 5.94. The number of fused-ring (bicyclic) bond motifs is 1. The summed E-state index contributed by atoms with van der Waals surface area (Å²) in [4.78, 5) is 8.07. The van der Waals surface area contributed by atoms with Crippen molar-refractivity contribution in [2.45, 2.75) is 0 Å². The number of azo groups is 2. The number of nitrogens with zero attached hydrogens (tertiary/aromatic N) is 6. The second kappa shape index (κ2) is 8.09. The third-order valence-corrected chi connectivity index (χ3v) is 4.10. The Morgan fingerprint density at radius 2 is 1.18 bits per heavy atom. The van der Waals surface area contributed by atoms with Gasteiger partial charge in [-0.15, -0.1) is 10.2 Å². The van der Waals surface area contributed by atoms with Crippen molar-refractivity contribution < 1.29 is 0 Å². The Kier molecular flexibility index (Phi) is 5.02. The summed E-state index contributed by atoms with van der Waals surface area (Å²) in [6, 6.07) is 22.8. The van der Waals surface area contributed by atoms with Gasteiger partial charge in [0.05, 0.1) is 28.9 Å². The summed E-state index contributed by atoms with van der Waals surface area (Å²) in [7, 11) is 0. The van der Waals surface area contributed by atoms with Crippen LogP contribution < -0.4 is 0 Å². The lowest BCUT2D eigenvalue weighted by atomic mass is 10.1. The minimum atomic E-state index is 0.704. The highest BCUT2D eigenvalue weighted by atomic mass is 15.1. The van der Waals surface area contributed by atoms with Crippen molar-refractivity contribution >= 4 is 45.9 Å². The van der Waals surface area contributed by atoms with Gasteiger partial charge in [-0.05, 0) is 55.2 Å². The molecule has 4 rings (SSSR count). The fourth-order valence-corrected chi connectivity index (χ4v) is 2.72. The minimum absolute atomic E-state index is 0.704. The summed E-state index contributed by atoms with van der Waals surface area (Å²) in [5.74, 6) is 0. The molecular weight excluding hydrogens is 348 g/mol. The van der Waals surface area contributed by atoms with Crippen molar-refractivity contribution in [3.63, 3.8) is 0 Å². The van der Waals surface area contributed by atoms with Crippen LogP contribution in [0.1, 0.15) is 0 Å². The van der Waals surface area contributed by atoms with Crippen LogP contribution in [0, 0.1) is 0 Å². The van der Waals surface area contributed by atoms with Gasteiger partial charge in [0.15, 0.2) is 0 Å². The Bertz CT molecular complexity index is 1160. The number of aromatic nitrogens is 1. The monoisotopic (exact) mass is 364 g/mol. The van der Waals surface area contributed by atoms with Gasteiger partial charge in [0.25, 0.3) is 0 Å². The first-order valence-electron chi connectivity index (χ1n) is 8.65. The maximum Gasteiger partial charge on any atom is 0.104 e. The van der Waals surface area contributed by atoms with E-state index in [9.17, 15) is 0 Å². The van der Waals surface area contributed by atoms with Gasteiger partial charge in [-0.3, -0.25) is 9.98 Å². The molecule has 0 aliphatic rings. The fraction of sp³-hybridized carbons (Fsp3) is 0. The van der Waals surface area contributed by atoms with Crippen molar-refractivity contribution in [2.75, 3.05) is 0 Å². The largest absolute Gasteiger partial charge is 0.264 e. The van der Waals surface area contributed by atoms with Gasteiger partial charge in [0.2, 0.25) is 0 Å². The van der Waals surface area contributed by atoms with E-state index in [1.165, 1.54) is 0 Å². The number of benzene rings is 3. The van der Waals surface area contributed by atoms with E-state index in [1.807, 2.05) is 72.8 Å². The van der Waals surface area contributed by atoms with E-state index in [0.717, 1.165) is 33.5 Å². The number of aliphatic imine (C=N–C) groups is 1. The first kappa shape index (κ1) is 17.4. The molecule has 6 nitrogen and oxygen atoms in total. The number of rotatable bonds is 5. The molecule has 0 fully saturated rings. The van der Waals surface area contributed by atoms with Crippen molar-refractivity contribution in [3.05, 3.63) is 85.2 Å². The second-order valence-electron chi connectivity index (χ2n) is 5.94. The van der Waals surface area contributed by atoms with Gasteiger partial charge in [-0.25, -0.2) is 0 Å². The lowest BCUT2D eigenvalue weighted by molar-refractivity contribution is 1.19. The molecule has 0 aliphatic heterocycles. The zero-order chi connectivity index (χ0) is 19.2. The quantitative estimate of drug-likeness (QED) is 0.268. The molecule has 0 amide bonds. The first-order chi connectivity index (χ1) is 13.8. The molecular formula is C22H16N6. The average molecular weight is 364 g/mol. The average Bonchev–Trinajstić information content (AvgIpc) is 2.77. The molecule has 0 unspecified atom stereocenters. The molecule has 28 heavy (non-hydrogen) atoms. The molecule has 134 valence electrons. The van der Waals surface area contributed by atoms with E-state index < -0.39 is 0 Å². The molecule has 4 aromatic rings. The molecule has 0 saturated carbocycles. The van der Waals surface area contributed by atoms with Crippen LogP contribution >= 0.6 is 0 Å². The summed E-state index contributed by atoms with van der Waals surface area (Å²) in [5.41, 5.74) is 3.78. The Balaban J connectivity index is 1.55. The molecule has 3 aromatic carbocycles. The highest BCUT2D eigenvalue weighted by Crippen LogP contribution is 2.34. The van der Waals surface area contributed by atoms with Crippen LogP contribution in [0.25, 0.3) is 10.8 Å². The van der Waals surface area contributed by atoms with Crippen molar-refractivity contribution in [1.29, 1.82) is 0 Å². The summed E-state index contributed by atoms with van der Waals surface area (Å²) >= 11 is 0. The van der Waals surface area contributed by atoms with Crippen LogP contribution in [0.3, 0.4) is 0 Å². The Morgan fingerprint density at radius 1 is 0.571 bits per heavy atom. The van der Waals surface area contributed by atoms with Crippen molar-refractivity contribution in [1.82, 2.24) is 4.98 Å². The number of hydrogen-bond acceptors (Lipinski definition) is 6. The van der Waals surface area contributed by atoms with E-state index in [-0.39, 0.29) is 0 Å². The summed E-state index contributed by atoms with van der Waals surface area (Å²) < 4.78 is 0. The number of pyridine rings is 1. The summed E-state index contributed by atoms with van der Waals surface area (Å²) in [6.07, 6.45) is 3.35. The molecule has 0 aliphatic carbocycles. The highest BCUT2D eigenvalue weighted by Gasteiger charge is 2.04. The van der Waals surface area contributed by atoms with Gasteiger partial charge in [-0.1, -0.05) is 24.3 Å². The summed E-state index contributed by atoms with van der Waals surface area (Å²) in [6.45, 7) is 3.62. The zero-order valence-corrected chi connectivity index (χ0v) is 15.0. The predicted octanol–water partition coefficient (Wildman–Crippen LogP) is 7.40. The Morgan fingerprint density at radius 3 is 1.82 bits per heavy atom. The molecule has 0 saturated heterocycles. The van der Waals surface area contributed by atoms with E-state index in [2.05, 4.69) is 37.2 Å². The summed E-state index contributed by atoms with van der Waals surface area (Å²) in [5, 5.41) is 19.1. The molecule has 0 radical (unpaired) electrons. The smallest absolute Gasteiger partial charge is 0.104 e. The van der Waals surface area contributed by atoms with Gasteiger partial charge in [-0.2, -0.15) is 10.2 Å². The van der Waals surface area contributed by atoms with Crippen molar-refractivity contribution in [3.8, 4) is 0 Å². The lowest BCUT2D eigenvalue weighted by Crippen LogP contribution is -1.75. The van der Waals surface area contributed by atoms with E-state index in [4.69, 9.17) is 0 Å². The molecule has 0 bridgehead atoms. The predicted molar refractivity (Wildman–Crippen MR) is 112 cm³/mol. The maximum atomic E-state index is 4.40. The molecule has 0 spiro atoms. The molecule has 0 atom stereocenters. The maximum absolute atomic E-state index is 4.40. The zero-order valence-electron chi connectivity index (χ0n) is 15.0. The van der Waals surface area contributed by atoms with Crippen LogP contribution in [-0.4, -0.2) is 11.7 Å². The number of hydrogen-bond donors (Lipinski definition) is 0. The Hall–Kier alpha value is -4.06. The van der Waals surface area contributed by atoms with Crippen LogP contribution in [0.15, 0.2) is 111 Å². The van der Waals surface area contributed by atoms with Crippen LogP contribution in [-0.2, 0) is 0 Å². The van der Waals surface area contributed by atoms with Gasteiger partial charge in [0, 0.05) is 17.0 Å². The van der Waals surface area contributed by atoms with Crippen LogP contribution in [0.2, 0.25) is 0 Å². The van der Waals surface area contributed by atoms with E-state index >= 15 is 0 Å². The first-order valence-corrected chi connectivity index (χ1v) is 8.65. The van der Waals surface area contributed by atoms with E-state index in [0.29, 0.717) is 5.69 Å². The standard InChI is InChI=1S/C22H16N6/c1-23-21-12-13-22(20-7-3-2-6-19(20)21)28-26-17-10-8-16(9-11-17)25-27-18-5-4-14-24-15-18/h2-15H,1H2/b27-25+,28-26+.